The molecule has 0 amide bonds. The monoisotopic (exact) mass is 405 g/mol. The molecule has 2 N–H and O–H groups in total. The van der Waals surface area contributed by atoms with Gasteiger partial charge in [-0.25, -0.2) is 9.97 Å². The molecule has 0 spiro atoms. The van der Waals surface area contributed by atoms with Crippen LogP contribution in [0.25, 0.3) is 11.2 Å². The number of carbonyl (C=O) groups excluding carboxylic acids is 1. The number of rotatable bonds is 10. The Morgan fingerprint density at radius 1 is 1.21 bits per heavy atom. The van der Waals surface area contributed by atoms with Crippen molar-refractivity contribution in [1.29, 1.82) is 0 Å². The molecule has 1 aliphatic rings. The van der Waals surface area contributed by atoms with E-state index in [0.717, 1.165) is 25.7 Å². The normalized spacial score (nSPS) is 16.1. The van der Waals surface area contributed by atoms with Crippen LogP contribution in [0.2, 0.25) is 0 Å². The van der Waals surface area contributed by atoms with Crippen molar-refractivity contribution in [2.24, 2.45) is 0 Å². The van der Waals surface area contributed by atoms with Gasteiger partial charge in [0.15, 0.2) is 11.2 Å². The lowest BCUT2D eigenvalue weighted by molar-refractivity contribution is -0.0825. The van der Waals surface area contributed by atoms with E-state index in [1.807, 2.05) is 0 Å². The molecule has 1 aliphatic carbocycles. The van der Waals surface area contributed by atoms with Crippen LogP contribution in [0, 0.1) is 0 Å². The lowest BCUT2D eigenvalue weighted by Gasteiger charge is -2.22. The predicted molar refractivity (Wildman–Crippen MR) is 105 cm³/mol. The van der Waals surface area contributed by atoms with E-state index in [9.17, 15) is 4.79 Å². The van der Waals surface area contributed by atoms with Crippen molar-refractivity contribution >= 4 is 22.9 Å². The lowest BCUT2D eigenvalue weighted by atomic mass is 9.98. The minimum Gasteiger partial charge on any atom is -0.473 e. The number of methoxy groups -OCH3 is 1. The molecule has 0 saturated heterocycles. The average molecular weight is 405 g/mol. The molecule has 0 unspecified atom stereocenters. The van der Waals surface area contributed by atoms with Crippen molar-refractivity contribution in [2.45, 2.75) is 51.2 Å². The molecule has 158 valence electrons. The molecule has 0 radical (unpaired) electrons. The second kappa shape index (κ2) is 10.4. The summed E-state index contributed by atoms with van der Waals surface area (Å²) in [6.45, 7) is 2.45. The van der Waals surface area contributed by atoms with Crippen molar-refractivity contribution in [3.05, 3.63) is 11.9 Å². The Hall–Kier alpha value is -2.43. The number of anilines is 1. The van der Waals surface area contributed by atoms with Crippen LogP contribution < -0.4 is 10.5 Å². The highest BCUT2D eigenvalue weighted by molar-refractivity contribution is 5.98. The molecule has 1 atom stereocenters. The Kier molecular flexibility index (Phi) is 7.62. The summed E-state index contributed by atoms with van der Waals surface area (Å²) in [7, 11) is 1.58. The molecular formula is C19H27N5O5. The second-order valence-corrected chi connectivity index (χ2v) is 6.88. The van der Waals surface area contributed by atoms with Crippen molar-refractivity contribution in [2.75, 3.05) is 32.9 Å². The Bertz CT molecular complexity index is 828. The maximum absolute atomic E-state index is 12.7. The van der Waals surface area contributed by atoms with Crippen LogP contribution in [0.1, 0.15) is 49.5 Å². The van der Waals surface area contributed by atoms with Crippen molar-refractivity contribution in [1.82, 2.24) is 19.9 Å². The number of aromatic nitrogens is 4. The number of nitrogens with two attached hydrogens (primary N) is 1. The lowest BCUT2D eigenvalue weighted by Crippen LogP contribution is -2.24. The predicted octanol–water partition coefficient (Wildman–Crippen LogP) is 1.92. The van der Waals surface area contributed by atoms with Gasteiger partial charge in [-0.2, -0.15) is 9.97 Å². The molecular weight excluding hydrogens is 378 g/mol. The highest BCUT2D eigenvalue weighted by atomic mass is 16.7. The number of nitrogens with zero attached hydrogens (tertiary/aromatic N) is 4. The zero-order chi connectivity index (χ0) is 20.6. The summed E-state index contributed by atoms with van der Waals surface area (Å²) in [5.74, 6) is -0.00482. The molecule has 2 heterocycles. The third kappa shape index (κ3) is 5.78. The van der Waals surface area contributed by atoms with E-state index < -0.39 is 6.10 Å². The van der Waals surface area contributed by atoms with Gasteiger partial charge in [0, 0.05) is 7.11 Å². The molecule has 2 aromatic heterocycles. The van der Waals surface area contributed by atoms with E-state index in [-0.39, 0.29) is 41.8 Å². The molecule has 3 rings (SSSR count). The molecule has 10 nitrogen and oxygen atoms in total. The van der Waals surface area contributed by atoms with Gasteiger partial charge in [-0.15, -0.1) is 0 Å². The van der Waals surface area contributed by atoms with Crippen LogP contribution in [0.3, 0.4) is 0 Å². The van der Waals surface area contributed by atoms with Crippen LogP contribution in [0.5, 0.6) is 5.88 Å². The van der Waals surface area contributed by atoms with Crippen molar-refractivity contribution < 1.29 is 23.7 Å². The SMILES string of the molecule is COCCOCO[C@@H](C)C(=O)c1cnc2nc(N)nc(OC3CCCCC3)c2n1. The van der Waals surface area contributed by atoms with E-state index in [2.05, 4.69) is 19.9 Å². The van der Waals surface area contributed by atoms with Gasteiger partial charge < -0.3 is 24.7 Å². The number of fused-ring (bicyclic) bond motifs is 1. The maximum atomic E-state index is 12.7. The molecule has 1 fully saturated rings. The summed E-state index contributed by atoms with van der Waals surface area (Å²) in [4.78, 5) is 29.6. The molecule has 0 aliphatic heterocycles. The average Bonchev–Trinajstić information content (AvgIpc) is 2.73. The Morgan fingerprint density at radius 3 is 2.76 bits per heavy atom. The molecule has 0 bridgehead atoms. The first-order chi connectivity index (χ1) is 14.1. The summed E-state index contributed by atoms with van der Waals surface area (Å²) in [6, 6.07) is 0. The third-order valence-corrected chi connectivity index (χ3v) is 4.68. The summed E-state index contributed by atoms with van der Waals surface area (Å²) >= 11 is 0. The first kappa shape index (κ1) is 21.3. The van der Waals surface area contributed by atoms with Crippen molar-refractivity contribution in [3.63, 3.8) is 0 Å². The van der Waals surface area contributed by atoms with Gasteiger partial charge in [0.2, 0.25) is 17.6 Å². The number of Topliss-reactive ketones (excluding diaryl/α,β-unsaturated/α-hetero) is 1. The molecule has 29 heavy (non-hydrogen) atoms. The number of ether oxygens (including phenoxy) is 4. The number of hydrogen-bond acceptors (Lipinski definition) is 10. The molecule has 10 heteroatoms. The number of hydrogen-bond donors (Lipinski definition) is 1. The minimum absolute atomic E-state index is 0.0209. The quantitative estimate of drug-likeness (QED) is 0.355. The zero-order valence-electron chi connectivity index (χ0n) is 16.8. The van der Waals surface area contributed by atoms with Gasteiger partial charge in [0.05, 0.1) is 19.4 Å². The first-order valence-electron chi connectivity index (χ1n) is 9.78. The van der Waals surface area contributed by atoms with E-state index in [1.54, 1.807) is 14.0 Å². The summed E-state index contributed by atoms with van der Waals surface area (Å²) in [6.07, 6.45) is 5.98. The van der Waals surface area contributed by atoms with Crippen LogP contribution >= 0.6 is 0 Å². The van der Waals surface area contributed by atoms with E-state index in [0.29, 0.717) is 18.7 Å². The summed E-state index contributed by atoms with van der Waals surface area (Å²) < 4.78 is 21.6. The largest absolute Gasteiger partial charge is 0.473 e. The van der Waals surface area contributed by atoms with Gasteiger partial charge in [0.25, 0.3) is 0 Å². The van der Waals surface area contributed by atoms with Crippen LogP contribution in [0.4, 0.5) is 5.95 Å². The van der Waals surface area contributed by atoms with Gasteiger partial charge in [-0.05, 0) is 32.6 Å². The van der Waals surface area contributed by atoms with Gasteiger partial charge in [-0.1, -0.05) is 6.42 Å². The zero-order valence-corrected chi connectivity index (χ0v) is 16.8. The van der Waals surface area contributed by atoms with E-state index in [1.165, 1.54) is 12.6 Å². The number of ketones is 1. The van der Waals surface area contributed by atoms with Crippen LogP contribution in [-0.4, -0.2) is 65.0 Å². The highest BCUT2D eigenvalue weighted by Crippen LogP contribution is 2.26. The topological polar surface area (TPSA) is 132 Å². The second-order valence-electron chi connectivity index (χ2n) is 6.88. The van der Waals surface area contributed by atoms with Crippen molar-refractivity contribution in [3.8, 4) is 5.88 Å². The molecule has 1 saturated carbocycles. The highest BCUT2D eigenvalue weighted by Gasteiger charge is 2.22. The number of nitrogen functional groups attached to an aromatic ring is 1. The van der Waals surface area contributed by atoms with Gasteiger partial charge in [-0.3, -0.25) is 4.79 Å². The minimum atomic E-state index is -0.748. The Morgan fingerprint density at radius 2 is 2.00 bits per heavy atom. The molecule has 2 aromatic rings. The van der Waals surface area contributed by atoms with Gasteiger partial charge >= 0.3 is 0 Å². The smallest absolute Gasteiger partial charge is 0.247 e. The first-order valence-corrected chi connectivity index (χ1v) is 9.78. The third-order valence-electron chi connectivity index (χ3n) is 4.68. The summed E-state index contributed by atoms with van der Waals surface area (Å²) in [5, 5.41) is 0. The van der Waals surface area contributed by atoms with E-state index >= 15 is 0 Å². The fraction of sp³-hybridized carbons (Fsp3) is 0.632. The fourth-order valence-corrected chi connectivity index (χ4v) is 3.08. The van der Waals surface area contributed by atoms with E-state index in [4.69, 9.17) is 24.7 Å². The Balaban J connectivity index is 1.74. The van der Waals surface area contributed by atoms with Crippen LogP contribution in [0.15, 0.2) is 6.20 Å². The number of carbonyl (C=O) groups is 1. The standard InChI is InChI=1S/C19H27N5O5/c1-12(28-11-27-9-8-26-2)16(25)14-10-21-17-15(22-14)18(24-19(20)23-17)29-13-6-4-3-5-7-13/h10,12-13H,3-9,11H2,1-2H3,(H2,20,21,23,24)/t12-/m0/s1. The molecule has 0 aromatic carbocycles. The Labute approximate surface area is 169 Å². The fourth-order valence-electron chi connectivity index (χ4n) is 3.08. The maximum Gasteiger partial charge on any atom is 0.247 e. The van der Waals surface area contributed by atoms with Gasteiger partial charge in [0.1, 0.15) is 24.7 Å². The summed E-state index contributed by atoms with van der Waals surface area (Å²) in [5.41, 5.74) is 6.53. The van der Waals surface area contributed by atoms with Crippen LogP contribution in [-0.2, 0) is 14.2 Å².